The van der Waals surface area contributed by atoms with Gasteiger partial charge in [-0.15, -0.1) is 0 Å². The van der Waals surface area contributed by atoms with Gasteiger partial charge in [0.25, 0.3) is 5.91 Å². The quantitative estimate of drug-likeness (QED) is 0.347. The zero-order valence-electron chi connectivity index (χ0n) is 19.7. The van der Waals surface area contributed by atoms with Crippen molar-refractivity contribution < 1.29 is 18.0 Å². The van der Waals surface area contributed by atoms with Gasteiger partial charge in [-0.1, -0.05) is 65.7 Å². The molecule has 0 saturated heterocycles. The molecule has 0 bridgehead atoms. The van der Waals surface area contributed by atoms with E-state index >= 15 is 0 Å². The lowest BCUT2D eigenvalue weighted by Crippen LogP contribution is -2.32. The van der Waals surface area contributed by atoms with Crippen LogP contribution in [0.5, 0.6) is 0 Å². The first-order chi connectivity index (χ1) is 17.1. The van der Waals surface area contributed by atoms with Crippen LogP contribution in [-0.4, -0.2) is 39.6 Å². The maximum absolute atomic E-state index is 12.7. The van der Waals surface area contributed by atoms with E-state index in [1.165, 1.54) is 12.1 Å². The Kier molecular flexibility index (Phi) is 9.75. The number of nitrogens with one attached hydrogen (secondary N) is 2. The van der Waals surface area contributed by atoms with Gasteiger partial charge in [-0.05, 0) is 48.7 Å². The molecule has 10 heteroatoms. The topological polar surface area (TPSA) is 95.6 Å². The molecule has 0 aromatic heterocycles. The highest BCUT2D eigenvalue weighted by molar-refractivity contribution is 7.92. The summed E-state index contributed by atoms with van der Waals surface area (Å²) in [6, 6.07) is 21.1. The summed E-state index contributed by atoms with van der Waals surface area (Å²) in [6.07, 6.45) is 2.02. The first-order valence-electron chi connectivity index (χ1n) is 11.3. The largest absolute Gasteiger partial charge is 0.352 e. The van der Waals surface area contributed by atoms with Crippen LogP contribution in [-0.2, 0) is 21.2 Å². The summed E-state index contributed by atoms with van der Waals surface area (Å²) in [5.74, 6) is -0.633. The number of carbonyl (C=O) groups is 2. The van der Waals surface area contributed by atoms with Crippen LogP contribution in [0.4, 0.5) is 11.4 Å². The van der Waals surface area contributed by atoms with E-state index in [1.54, 1.807) is 30.3 Å². The van der Waals surface area contributed by atoms with Crippen molar-refractivity contribution >= 4 is 56.4 Å². The molecule has 3 rings (SSSR count). The first-order valence-corrected chi connectivity index (χ1v) is 13.9. The molecule has 2 N–H and O–H groups in total. The van der Waals surface area contributed by atoms with Gasteiger partial charge in [0.05, 0.1) is 28.2 Å². The molecular formula is C26H27Cl2N3O4S. The Morgan fingerprint density at radius 2 is 1.64 bits per heavy atom. The van der Waals surface area contributed by atoms with Crippen molar-refractivity contribution in [3.8, 4) is 0 Å². The summed E-state index contributed by atoms with van der Waals surface area (Å²) in [5.41, 5.74) is 2.10. The van der Waals surface area contributed by atoms with E-state index in [0.717, 1.165) is 16.1 Å². The third-order valence-electron chi connectivity index (χ3n) is 5.33. The molecule has 3 aromatic rings. The lowest BCUT2D eigenvalue weighted by Gasteiger charge is -2.23. The number of sulfonamides is 1. The van der Waals surface area contributed by atoms with Crippen molar-refractivity contribution in [2.45, 2.75) is 19.3 Å². The smallest absolute Gasteiger partial charge is 0.253 e. The molecule has 7 nitrogen and oxygen atoms in total. The maximum Gasteiger partial charge on any atom is 0.253 e. The fourth-order valence-electron chi connectivity index (χ4n) is 3.59. The van der Waals surface area contributed by atoms with Gasteiger partial charge in [-0.2, -0.15) is 0 Å². The molecule has 0 aliphatic heterocycles. The SMILES string of the molecule is CS(=O)(=O)N(CCCC(=O)Nc1ccccc1C(=O)NCCc1ccccc1)c1cc(Cl)ccc1Cl. The van der Waals surface area contributed by atoms with Crippen molar-refractivity contribution in [3.63, 3.8) is 0 Å². The zero-order valence-corrected chi connectivity index (χ0v) is 22.0. The molecule has 2 amide bonds. The molecule has 0 aliphatic rings. The van der Waals surface area contributed by atoms with Gasteiger partial charge in [-0.25, -0.2) is 8.42 Å². The van der Waals surface area contributed by atoms with E-state index < -0.39 is 10.0 Å². The van der Waals surface area contributed by atoms with E-state index in [0.29, 0.717) is 29.2 Å². The Balaban J connectivity index is 1.58. The second-order valence-electron chi connectivity index (χ2n) is 8.12. The van der Waals surface area contributed by atoms with E-state index in [1.807, 2.05) is 30.3 Å². The summed E-state index contributed by atoms with van der Waals surface area (Å²) in [4.78, 5) is 25.3. The summed E-state index contributed by atoms with van der Waals surface area (Å²) in [6.45, 7) is 0.493. The van der Waals surface area contributed by atoms with Crippen molar-refractivity contribution in [3.05, 3.63) is 94.0 Å². The second kappa shape index (κ2) is 12.8. The Morgan fingerprint density at radius 1 is 0.944 bits per heavy atom. The van der Waals surface area contributed by atoms with Crippen LogP contribution >= 0.6 is 23.2 Å². The van der Waals surface area contributed by atoms with Crippen molar-refractivity contribution in [1.29, 1.82) is 0 Å². The van der Waals surface area contributed by atoms with Crippen LogP contribution in [0.15, 0.2) is 72.8 Å². The molecule has 0 radical (unpaired) electrons. The number of anilines is 2. The fraction of sp³-hybridized carbons (Fsp3) is 0.231. The molecule has 0 aliphatic carbocycles. The molecule has 3 aromatic carbocycles. The highest BCUT2D eigenvalue weighted by Gasteiger charge is 2.21. The van der Waals surface area contributed by atoms with Crippen LogP contribution in [0.3, 0.4) is 0 Å². The number of para-hydroxylation sites is 1. The van der Waals surface area contributed by atoms with Gasteiger partial charge in [-0.3, -0.25) is 13.9 Å². The standard InChI is InChI=1S/C26H27Cl2N3O4S/c1-36(34,35)31(24-18-20(27)13-14-22(24)28)17-7-12-25(32)30-23-11-6-5-10-21(23)26(33)29-16-15-19-8-3-2-4-9-19/h2-6,8-11,13-14,18H,7,12,15-17H2,1H3,(H,29,33)(H,30,32). The molecule has 36 heavy (non-hydrogen) atoms. The maximum atomic E-state index is 12.7. The van der Waals surface area contributed by atoms with Gasteiger partial charge >= 0.3 is 0 Å². The van der Waals surface area contributed by atoms with Gasteiger partial charge in [0.1, 0.15) is 0 Å². The van der Waals surface area contributed by atoms with E-state index in [-0.39, 0.29) is 41.9 Å². The Morgan fingerprint density at radius 3 is 2.36 bits per heavy atom. The lowest BCUT2D eigenvalue weighted by atomic mass is 10.1. The minimum absolute atomic E-state index is 0.0356. The Bertz CT molecular complexity index is 1320. The van der Waals surface area contributed by atoms with Crippen LogP contribution in [0.25, 0.3) is 0 Å². The molecule has 0 heterocycles. The number of rotatable bonds is 11. The summed E-state index contributed by atoms with van der Waals surface area (Å²) in [7, 11) is -3.66. The minimum Gasteiger partial charge on any atom is -0.352 e. The van der Waals surface area contributed by atoms with E-state index in [4.69, 9.17) is 23.2 Å². The average Bonchev–Trinajstić information content (AvgIpc) is 2.84. The molecular weight excluding hydrogens is 521 g/mol. The van der Waals surface area contributed by atoms with E-state index in [9.17, 15) is 18.0 Å². The summed E-state index contributed by atoms with van der Waals surface area (Å²) >= 11 is 12.2. The third-order valence-corrected chi connectivity index (χ3v) is 7.06. The van der Waals surface area contributed by atoms with Gasteiger partial charge in [0, 0.05) is 24.5 Å². The Hall–Kier alpha value is -3.07. The monoisotopic (exact) mass is 547 g/mol. The van der Waals surface area contributed by atoms with Crippen LogP contribution in [0.1, 0.15) is 28.8 Å². The number of carbonyl (C=O) groups excluding carboxylic acids is 2. The normalized spacial score (nSPS) is 11.1. The molecule has 0 saturated carbocycles. The minimum atomic E-state index is -3.66. The van der Waals surface area contributed by atoms with Crippen LogP contribution in [0, 0.1) is 0 Å². The highest BCUT2D eigenvalue weighted by atomic mass is 35.5. The number of amides is 2. The van der Waals surface area contributed by atoms with Gasteiger partial charge in [0.15, 0.2) is 0 Å². The van der Waals surface area contributed by atoms with Crippen LogP contribution < -0.4 is 14.9 Å². The summed E-state index contributed by atoms with van der Waals surface area (Å²) < 4.78 is 25.8. The van der Waals surface area contributed by atoms with E-state index in [2.05, 4.69) is 10.6 Å². The zero-order chi connectivity index (χ0) is 26.1. The number of benzene rings is 3. The lowest BCUT2D eigenvalue weighted by molar-refractivity contribution is -0.116. The number of nitrogens with zero attached hydrogens (tertiary/aromatic N) is 1. The van der Waals surface area contributed by atoms with Gasteiger partial charge < -0.3 is 10.6 Å². The number of hydrogen-bond donors (Lipinski definition) is 2. The van der Waals surface area contributed by atoms with Crippen molar-refractivity contribution in [2.75, 3.05) is 29.0 Å². The first kappa shape index (κ1) is 27.5. The Labute approximate surface area is 221 Å². The van der Waals surface area contributed by atoms with Crippen LogP contribution in [0.2, 0.25) is 10.0 Å². The van der Waals surface area contributed by atoms with Crippen molar-refractivity contribution in [1.82, 2.24) is 5.32 Å². The predicted molar refractivity (Wildman–Crippen MR) is 145 cm³/mol. The summed E-state index contributed by atoms with van der Waals surface area (Å²) in [5, 5.41) is 6.22. The fourth-order valence-corrected chi connectivity index (χ4v) is 4.99. The molecule has 0 spiro atoms. The molecule has 0 atom stereocenters. The van der Waals surface area contributed by atoms with Crippen molar-refractivity contribution in [2.24, 2.45) is 0 Å². The second-order valence-corrected chi connectivity index (χ2v) is 10.9. The molecule has 190 valence electrons. The number of halogens is 2. The average molecular weight is 548 g/mol. The van der Waals surface area contributed by atoms with Gasteiger partial charge in [0.2, 0.25) is 15.9 Å². The predicted octanol–water partition coefficient (Wildman–Crippen LogP) is 5.15. The third kappa shape index (κ3) is 7.98. The molecule has 0 unspecified atom stereocenters. The number of hydrogen-bond acceptors (Lipinski definition) is 4. The highest BCUT2D eigenvalue weighted by Crippen LogP contribution is 2.31. The molecule has 0 fully saturated rings.